The number of aliphatic hydroxyl groups is 1. The fourth-order valence-electron chi connectivity index (χ4n) is 1.57. The van der Waals surface area contributed by atoms with Crippen molar-refractivity contribution in [1.82, 2.24) is 0 Å². The van der Waals surface area contributed by atoms with Crippen LogP contribution in [0.25, 0.3) is 0 Å². The zero-order chi connectivity index (χ0) is 15.6. The molecule has 120 valence electrons. The molecule has 0 amide bonds. The Labute approximate surface area is 122 Å². The van der Waals surface area contributed by atoms with Crippen molar-refractivity contribution in [3.05, 3.63) is 0 Å². The Hall–Kier alpha value is -0.650. The van der Waals surface area contributed by atoms with Gasteiger partial charge in [0.05, 0.1) is 25.9 Å². The molecule has 0 fully saturated rings. The Morgan fingerprint density at radius 1 is 1.20 bits per heavy atom. The Morgan fingerprint density at radius 3 is 2.35 bits per heavy atom. The van der Waals surface area contributed by atoms with Gasteiger partial charge in [-0.2, -0.15) is 0 Å². The highest BCUT2D eigenvalue weighted by atomic mass is 16.5. The third-order valence-corrected chi connectivity index (χ3v) is 3.16. The molecule has 0 aromatic rings. The molecule has 0 radical (unpaired) electrons. The van der Waals surface area contributed by atoms with Crippen molar-refractivity contribution in [3.8, 4) is 0 Å². The summed E-state index contributed by atoms with van der Waals surface area (Å²) in [6.07, 6.45) is 1.74. The van der Waals surface area contributed by atoms with Gasteiger partial charge < -0.3 is 19.3 Å². The van der Waals surface area contributed by atoms with Crippen LogP contribution in [0.3, 0.4) is 0 Å². The van der Waals surface area contributed by atoms with E-state index in [0.29, 0.717) is 18.9 Å². The minimum atomic E-state index is -0.990. The Balaban J connectivity index is 3.89. The molecular weight excluding hydrogens is 260 g/mol. The van der Waals surface area contributed by atoms with E-state index < -0.39 is 11.4 Å². The number of methoxy groups -OCH3 is 1. The molecule has 2 atom stereocenters. The molecular formula is C15H30O5. The largest absolute Gasteiger partial charge is 0.465 e. The van der Waals surface area contributed by atoms with E-state index in [1.165, 1.54) is 7.11 Å². The molecule has 0 heterocycles. The van der Waals surface area contributed by atoms with Crippen molar-refractivity contribution in [3.63, 3.8) is 0 Å². The quantitative estimate of drug-likeness (QED) is 0.590. The van der Waals surface area contributed by atoms with Gasteiger partial charge in [0.1, 0.15) is 5.41 Å². The number of esters is 1. The summed E-state index contributed by atoms with van der Waals surface area (Å²) >= 11 is 0. The minimum absolute atomic E-state index is 0.0596. The first kappa shape index (κ1) is 19.4. The van der Waals surface area contributed by atoms with Gasteiger partial charge in [-0.1, -0.05) is 13.8 Å². The molecule has 5 heteroatoms. The first-order valence-corrected chi connectivity index (χ1v) is 7.24. The summed E-state index contributed by atoms with van der Waals surface area (Å²) in [6.45, 7) is 8.77. The van der Waals surface area contributed by atoms with Crippen molar-refractivity contribution in [2.75, 3.05) is 33.5 Å². The van der Waals surface area contributed by atoms with E-state index in [1.54, 1.807) is 6.92 Å². The molecule has 0 aliphatic rings. The average molecular weight is 290 g/mol. The molecule has 0 rings (SSSR count). The summed E-state index contributed by atoms with van der Waals surface area (Å²) in [4.78, 5) is 11.9. The lowest BCUT2D eigenvalue weighted by atomic mass is 9.93. The SMILES string of the molecule is COCC(C)(CO)C(=O)OCCC(C)OCCC(C)C. The molecule has 20 heavy (non-hydrogen) atoms. The van der Waals surface area contributed by atoms with Crippen molar-refractivity contribution < 1.29 is 24.1 Å². The third kappa shape index (κ3) is 7.82. The summed E-state index contributed by atoms with van der Waals surface area (Å²) in [5.74, 6) is 0.190. The van der Waals surface area contributed by atoms with E-state index >= 15 is 0 Å². The average Bonchev–Trinajstić information content (AvgIpc) is 2.38. The molecule has 0 spiro atoms. The van der Waals surface area contributed by atoms with E-state index in [4.69, 9.17) is 14.2 Å². The second kappa shape index (κ2) is 10.1. The van der Waals surface area contributed by atoms with Gasteiger partial charge >= 0.3 is 5.97 Å². The standard InChI is InChI=1S/C15H30O5/c1-12(2)6-8-19-13(3)7-9-20-14(17)15(4,10-16)11-18-5/h12-13,16H,6-11H2,1-5H3. The van der Waals surface area contributed by atoms with Gasteiger partial charge in [0.2, 0.25) is 0 Å². The van der Waals surface area contributed by atoms with Crippen LogP contribution in [0.15, 0.2) is 0 Å². The highest BCUT2D eigenvalue weighted by Crippen LogP contribution is 2.18. The van der Waals surface area contributed by atoms with E-state index in [0.717, 1.165) is 13.0 Å². The van der Waals surface area contributed by atoms with Gasteiger partial charge in [-0.25, -0.2) is 0 Å². The van der Waals surface area contributed by atoms with Crippen LogP contribution < -0.4 is 0 Å². The molecule has 0 saturated carbocycles. The van der Waals surface area contributed by atoms with Gasteiger partial charge in [0.25, 0.3) is 0 Å². The monoisotopic (exact) mass is 290 g/mol. The molecule has 0 bridgehead atoms. The van der Waals surface area contributed by atoms with Crippen molar-refractivity contribution in [2.24, 2.45) is 11.3 Å². The Kier molecular flexibility index (Phi) is 9.80. The van der Waals surface area contributed by atoms with Gasteiger partial charge in [-0.15, -0.1) is 0 Å². The molecule has 0 aromatic carbocycles. The first-order valence-electron chi connectivity index (χ1n) is 7.24. The molecule has 0 aliphatic heterocycles. The number of carbonyl (C=O) groups is 1. The van der Waals surface area contributed by atoms with Gasteiger partial charge in [0.15, 0.2) is 0 Å². The van der Waals surface area contributed by atoms with Crippen molar-refractivity contribution >= 4 is 5.97 Å². The smallest absolute Gasteiger partial charge is 0.316 e. The number of hydrogen-bond donors (Lipinski definition) is 1. The van der Waals surface area contributed by atoms with Crippen LogP contribution in [-0.2, 0) is 19.0 Å². The van der Waals surface area contributed by atoms with Crippen LogP contribution in [0.2, 0.25) is 0 Å². The summed E-state index contributed by atoms with van der Waals surface area (Å²) in [6, 6.07) is 0. The van der Waals surface area contributed by atoms with E-state index in [9.17, 15) is 9.90 Å². The molecule has 0 aliphatic carbocycles. The van der Waals surface area contributed by atoms with Crippen LogP contribution in [0, 0.1) is 11.3 Å². The van der Waals surface area contributed by atoms with Crippen LogP contribution in [0.1, 0.15) is 40.5 Å². The van der Waals surface area contributed by atoms with E-state index in [-0.39, 0.29) is 19.3 Å². The van der Waals surface area contributed by atoms with Gasteiger partial charge in [-0.3, -0.25) is 4.79 Å². The van der Waals surface area contributed by atoms with Crippen LogP contribution in [0.4, 0.5) is 0 Å². The van der Waals surface area contributed by atoms with E-state index in [1.807, 2.05) is 6.92 Å². The molecule has 0 saturated heterocycles. The zero-order valence-electron chi connectivity index (χ0n) is 13.5. The van der Waals surface area contributed by atoms with Gasteiger partial charge in [-0.05, 0) is 26.2 Å². The number of ether oxygens (including phenoxy) is 3. The van der Waals surface area contributed by atoms with Crippen LogP contribution >= 0.6 is 0 Å². The second-order valence-electron chi connectivity index (χ2n) is 5.94. The van der Waals surface area contributed by atoms with Crippen LogP contribution in [0.5, 0.6) is 0 Å². The fourth-order valence-corrected chi connectivity index (χ4v) is 1.57. The Bertz CT molecular complexity index is 267. The molecule has 5 nitrogen and oxygen atoms in total. The maximum absolute atomic E-state index is 11.9. The fraction of sp³-hybridized carbons (Fsp3) is 0.933. The second-order valence-corrected chi connectivity index (χ2v) is 5.94. The molecule has 0 aromatic heterocycles. The number of rotatable bonds is 11. The topological polar surface area (TPSA) is 65.0 Å². The first-order chi connectivity index (χ1) is 9.35. The van der Waals surface area contributed by atoms with Crippen molar-refractivity contribution in [2.45, 2.75) is 46.6 Å². The lowest BCUT2D eigenvalue weighted by molar-refractivity contribution is -0.161. The van der Waals surface area contributed by atoms with Crippen molar-refractivity contribution in [1.29, 1.82) is 0 Å². The summed E-state index contributed by atoms with van der Waals surface area (Å²) in [7, 11) is 1.49. The Morgan fingerprint density at radius 2 is 1.85 bits per heavy atom. The lowest BCUT2D eigenvalue weighted by Crippen LogP contribution is -2.38. The lowest BCUT2D eigenvalue weighted by Gasteiger charge is -2.24. The molecule has 2 unspecified atom stereocenters. The highest BCUT2D eigenvalue weighted by molar-refractivity contribution is 5.76. The predicted molar refractivity (Wildman–Crippen MR) is 77.5 cm³/mol. The number of aliphatic hydroxyl groups excluding tert-OH is 1. The molecule has 1 N–H and O–H groups in total. The van der Waals surface area contributed by atoms with E-state index in [2.05, 4.69) is 13.8 Å². The zero-order valence-corrected chi connectivity index (χ0v) is 13.5. The number of hydrogen-bond acceptors (Lipinski definition) is 5. The van der Waals surface area contributed by atoms with Crippen LogP contribution in [-0.4, -0.2) is 50.7 Å². The third-order valence-electron chi connectivity index (χ3n) is 3.16. The minimum Gasteiger partial charge on any atom is -0.465 e. The highest BCUT2D eigenvalue weighted by Gasteiger charge is 2.34. The summed E-state index contributed by atoms with van der Waals surface area (Å²) < 4.78 is 15.8. The summed E-state index contributed by atoms with van der Waals surface area (Å²) in [5, 5.41) is 9.26. The maximum atomic E-state index is 11.9. The summed E-state index contributed by atoms with van der Waals surface area (Å²) in [5.41, 5.74) is -0.990. The predicted octanol–water partition coefficient (Wildman–Crippen LogP) is 2.02. The van der Waals surface area contributed by atoms with Gasteiger partial charge in [0, 0.05) is 20.1 Å². The number of carbonyl (C=O) groups excluding carboxylic acids is 1. The maximum Gasteiger partial charge on any atom is 0.316 e. The normalized spacial score (nSPS) is 15.9.